The van der Waals surface area contributed by atoms with Crippen LogP contribution < -0.4 is 10.0 Å². The fourth-order valence-corrected chi connectivity index (χ4v) is 4.71. The molecule has 2 N–H and O–H groups in total. The first-order valence-electron chi connectivity index (χ1n) is 8.83. The number of nitrogens with one attached hydrogen (secondary N) is 2. The molecule has 156 valence electrons. The summed E-state index contributed by atoms with van der Waals surface area (Å²) < 4.78 is 42.2. The number of hydrogen-bond acceptors (Lipinski definition) is 3. The summed E-state index contributed by atoms with van der Waals surface area (Å²) in [5.74, 6) is -1.35. The van der Waals surface area contributed by atoms with Crippen molar-refractivity contribution in [3.63, 3.8) is 0 Å². The number of benzene rings is 3. The minimum Gasteiger partial charge on any atom is -0.322 e. The van der Waals surface area contributed by atoms with Gasteiger partial charge in [0.25, 0.3) is 0 Å². The first-order valence-corrected chi connectivity index (χ1v) is 11.1. The monoisotopic (exact) mass is 466 g/mol. The molecule has 0 saturated carbocycles. The van der Waals surface area contributed by atoms with Gasteiger partial charge in [0.05, 0.1) is 10.7 Å². The molecule has 0 spiro atoms. The van der Waals surface area contributed by atoms with Gasteiger partial charge < -0.3 is 5.32 Å². The summed E-state index contributed by atoms with van der Waals surface area (Å²) in [5, 5.41) is 2.56. The van der Waals surface area contributed by atoms with E-state index in [1.54, 1.807) is 36.4 Å². The number of rotatable bonds is 7. The average molecular weight is 467 g/mol. The molecule has 0 aliphatic rings. The topological polar surface area (TPSA) is 75.3 Å². The molecule has 3 aromatic rings. The second kappa shape index (κ2) is 9.57. The highest BCUT2D eigenvalue weighted by molar-refractivity contribution is 7.89. The van der Waals surface area contributed by atoms with Gasteiger partial charge in [0.1, 0.15) is 16.8 Å². The van der Waals surface area contributed by atoms with Crippen LogP contribution >= 0.6 is 23.2 Å². The highest BCUT2D eigenvalue weighted by Gasteiger charge is 2.28. The number of sulfonamides is 1. The van der Waals surface area contributed by atoms with E-state index >= 15 is 0 Å². The van der Waals surface area contributed by atoms with Crippen molar-refractivity contribution in [2.24, 2.45) is 0 Å². The molecule has 3 aromatic carbocycles. The van der Waals surface area contributed by atoms with Crippen LogP contribution in [0.25, 0.3) is 0 Å². The predicted octanol–water partition coefficient (Wildman–Crippen LogP) is 4.66. The standard InChI is InChI=1S/C21H17Cl2FN2O3S/c22-15-10-11-16(23)20(13-15)30(28,29)26-19(12-14-6-2-1-3-7-14)21(27)25-18-9-5-4-8-17(18)24/h1-11,13,19,26H,12H2,(H,25,27)/t19-/m1/s1. The van der Waals surface area contributed by atoms with Gasteiger partial charge in [-0.25, -0.2) is 12.8 Å². The molecule has 9 heteroatoms. The van der Waals surface area contributed by atoms with E-state index in [0.717, 1.165) is 0 Å². The first kappa shape index (κ1) is 22.2. The number of halogens is 3. The SMILES string of the molecule is O=C(Nc1ccccc1F)[C@@H](Cc1ccccc1)NS(=O)(=O)c1cc(Cl)ccc1Cl. The summed E-state index contributed by atoms with van der Waals surface area (Å²) in [5.41, 5.74) is 0.659. The van der Waals surface area contributed by atoms with Crippen LogP contribution in [0, 0.1) is 5.82 Å². The maximum absolute atomic E-state index is 14.0. The lowest BCUT2D eigenvalue weighted by atomic mass is 10.1. The van der Waals surface area contributed by atoms with Gasteiger partial charge in [-0.1, -0.05) is 65.7 Å². The van der Waals surface area contributed by atoms with Crippen molar-refractivity contribution in [3.05, 3.63) is 94.2 Å². The van der Waals surface area contributed by atoms with Gasteiger partial charge in [0, 0.05) is 5.02 Å². The van der Waals surface area contributed by atoms with E-state index < -0.39 is 27.8 Å². The molecular weight excluding hydrogens is 450 g/mol. The lowest BCUT2D eigenvalue weighted by molar-refractivity contribution is -0.117. The van der Waals surface area contributed by atoms with Crippen molar-refractivity contribution in [1.82, 2.24) is 4.72 Å². The fraction of sp³-hybridized carbons (Fsp3) is 0.0952. The van der Waals surface area contributed by atoms with Crippen LogP contribution in [0.5, 0.6) is 0 Å². The molecule has 30 heavy (non-hydrogen) atoms. The number of carbonyl (C=O) groups excluding carboxylic acids is 1. The fourth-order valence-electron chi connectivity index (χ4n) is 2.75. The Morgan fingerprint density at radius 3 is 2.33 bits per heavy atom. The van der Waals surface area contributed by atoms with E-state index in [2.05, 4.69) is 10.0 Å². The molecule has 0 unspecified atom stereocenters. The number of amides is 1. The molecule has 1 amide bonds. The van der Waals surface area contributed by atoms with E-state index in [0.29, 0.717) is 5.56 Å². The van der Waals surface area contributed by atoms with Crippen molar-refractivity contribution < 1.29 is 17.6 Å². The van der Waals surface area contributed by atoms with Crippen LogP contribution in [0.2, 0.25) is 10.0 Å². The third-order valence-corrected chi connectivity index (χ3v) is 6.40. The maximum Gasteiger partial charge on any atom is 0.242 e. The molecular formula is C21H17Cl2FN2O3S. The smallest absolute Gasteiger partial charge is 0.242 e. The average Bonchev–Trinajstić information content (AvgIpc) is 2.71. The van der Waals surface area contributed by atoms with Gasteiger partial charge >= 0.3 is 0 Å². The predicted molar refractivity (Wildman–Crippen MR) is 116 cm³/mol. The normalized spacial score (nSPS) is 12.4. The Morgan fingerprint density at radius 2 is 1.63 bits per heavy atom. The Morgan fingerprint density at radius 1 is 0.967 bits per heavy atom. The van der Waals surface area contributed by atoms with Gasteiger partial charge in [-0.05, 0) is 42.3 Å². The molecule has 1 atom stereocenters. The molecule has 0 radical (unpaired) electrons. The van der Waals surface area contributed by atoms with Gasteiger partial charge in [0.15, 0.2) is 0 Å². The molecule has 3 rings (SSSR count). The van der Waals surface area contributed by atoms with Crippen molar-refractivity contribution >= 4 is 44.8 Å². The maximum atomic E-state index is 14.0. The molecule has 0 fully saturated rings. The van der Waals surface area contributed by atoms with Gasteiger partial charge in [-0.2, -0.15) is 4.72 Å². The number of anilines is 1. The molecule has 0 aromatic heterocycles. The van der Waals surface area contributed by atoms with Crippen LogP contribution in [0.4, 0.5) is 10.1 Å². The molecule has 0 bridgehead atoms. The third kappa shape index (κ3) is 5.58. The summed E-state index contributed by atoms with van der Waals surface area (Å²) in [6.07, 6.45) is 0.0402. The summed E-state index contributed by atoms with van der Waals surface area (Å²) in [4.78, 5) is 12.6. The van der Waals surface area contributed by atoms with E-state index in [-0.39, 0.29) is 27.0 Å². The summed E-state index contributed by atoms with van der Waals surface area (Å²) >= 11 is 11.9. The number of hydrogen-bond donors (Lipinski definition) is 2. The zero-order valence-corrected chi connectivity index (χ0v) is 17.8. The molecule has 0 saturated heterocycles. The summed E-state index contributed by atoms with van der Waals surface area (Å²) in [6.45, 7) is 0. The second-order valence-corrected chi connectivity index (χ2v) is 8.93. The zero-order valence-electron chi connectivity index (χ0n) is 15.5. The Hall–Kier alpha value is -2.45. The van der Waals surface area contributed by atoms with Gasteiger partial charge in [0.2, 0.25) is 15.9 Å². The van der Waals surface area contributed by atoms with E-state index in [1.807, 2.05) is 0 Å². The van der Waals surface area contributed by atoms with E-state index in [9.17, 15) is 17.6 Å². The van der Waals surface area contributed by atoms with Crippen molar-refractivity contribution in [1.29, 1.82) is 0 Å². The van der Waals surface area contributed by atoms with Gasteiger partial charge in [-0.15, -0.1) is 0 Å². The van der Waals surface area contributed by atoms with Crippen LogP contribution in [0.3, 0.4) is 0 Å². The Bertz CT molecular complexity index is 1160. The zero-order chi connectivity index (χ0) is 21.7. The lowest BCUT2D eigenvalue weighted by Gasteiger charge is -2.19. The number of para-hydroxylation sites is 1. The van der Waals surface area contributed by atoms with Crippen molar-refractivity contribution in [3.8, 4) is 0 Å². The van der Waals surface area contributed by atoms with Crippen LogP contribution in [0.1, 0.15) is 5.56 Å². The highest BCUT2D eigenvalue weighted by Crippen LogP contribution is 2.25. The Balaban J connectivity index is 1.91. The highest BCUT2D eigenvalue weighted by atomic mass is 35.5. The second-order valence-electron chi connectivity index (χ2n) is 6.41. The van der Waals surface area contributed by atoms with E-state index in [1.165, 1.54) is 36.4 Å². The molecule has 0 heterocycles. The number of carbonyl (C=O) groups is 1. The molecule has 5 nitrogen and oxygen atoms in total. The quantitative estimate of drug-likeness (QED) is 0.531. The molecule has 0 aliphatic heterocycles. The minimum atomic E-state index is -4.20. The molecule has 0 aliphatic carbocycles. The van der Waals surface area contributed by atoms with Crippen LogP contribution in [-0.2, 0) is 21.2 Å². The minimum absolute atomic E-state index is 0.0402. The van der Waals surface area contributed by atoms with E-state index in [4.69, 9.17) is 23.2 Å². The van der Waals surface area contributed by atoms with Crippen molar-refractivity contribution in [2.75, 3.05) is 5.32 Å². The Labute approximate surface area is 183 Å². The summed E-state index contributed by atoms with van der Waals surface area (Å²) in [6, 6.07) is 17.2. The Kier molecular flexibility index (Phi) is 7.10. The lowest BCUT2D eigenvalue weighted by Crippen LogP contribution is -2.45. The van der Waals surface area contributed by atoms with Crippen LogP contribution in [-0.4, -0.2) is 20.4 Å². The third-order valence-electron chi connectivity index (χ3n) is 4.21. The van der Waals surface area contributed by atoms with Gasteiger partial charge in [-0.3, -0.25) is 4.79 Å². The largest absolute Gasteiger partial charge is 0.322 e. The first-order chi connectivity index (χ1) is 14.3. The summed E-state index contributed by atoms with van der Waals surface area (Å²) in [7, 11) is -4.20. The van der Waals surface area contributed by atoms with Crippen molar-refractivity contribution in [2.45, 2.75) is 17.4 Å². The van der Waals surface area contributed by atoms with Crippen LogP contribution in [0.15, 0.2) is 77.7 Å².